The summed E-state index contributed by atoms with van der Waals surface area (Å²) in [6, 6.07) is 1.89. The van der Waals surface area contributed by atoms with E-state index in [1.165, 1.54) is 16.0 Å². The topological polar surface area (TPSA) is 59.3 Å². The zero-order valence-electron chi connectivity index (χ0n) is 10.4. The molecule has 2 heterocycles. The number of hydrogen-bond acceptors (Lipinski definition) is 4. The molecular formula is C11H9Br2ClN4OS. The number of aryl methyl sites for hydroxylation is 2. The van der Waals surface area contributed by atoms with Gasteiger partial charge in [0.05, 0.1) is 20.7 Å². The van der Waals surface area contributed by atoms with Gasteiger partial charge in [0.15, 0.2) is 0 Å². The van der Waals surface area contributed by atoms with Gasteiger partial charge in [0.1, 0.15) is 5.69 Å². The maximum absolute atomic E-state index is 12.0. The Labute approximate surface area is 141 Å². The Kier molecular flexibility index (Phi) is 5.00. The van der Waals surface area contributed by atoms with Crippen LogP contribution in [0.3, 0.4) is 0 Å². The van der Waals surface area contributed by atoms with Crippen molar-refractivity contribution in [1.29, 1.82) is 0 Å². The summed E-state index contributed by atoms with van der Waals surface area (Å²) in [5, 5.41) is 8.32. The van der Waals surface area contributed by atoms with Crippen molar-refractivity contribution in [3.8, 4) is 0 Å². The second kappa shape index (κ2) is 6.38. The number of carbonyl (C=O) groups is 1. The summed E-state index contributed by atoms with van der Waals surface area (Å²) in [5.41, 5.74) is 3.33. The fourth-order valence-electron chi connectivity index (χ4n) is 1.51. The number of rotatable bonds is 3. The molecule has 0 radical (unpaired) electrons. The zero-order chi connectivity index (χ0) is 14.9. The lowest BCUT2D eigenvalue weighted by Gasteiger charge is -2.00. The summed E-state index contributed by atoms with van der Waals surface area (Å²) < 4.78 is 3.34. The van der Waals surface area contributed by atoms with Crippen LogP contribution in [0.2, 0.25) is 5.02 Å². The van der Waals surface area contributed by atoms with Crippen LogP contribution in [-0.4, -0.2) is 21.9 Å². The Balaban J connectivity index is 2.09. The van der Waals surface area contributed by atoms with Crippen LogP contribution in [0.1, 0.15) is 21.1 Å². The van der Waals surface area contributed by atoms with Crippen molar-refractivity contribution in [1.82, 2.24) is 15.2 Å². The Morgan fingerprint density at radius 3 is 2.80 bits per heavy atom. The molecule has 9 heteroatoms. The first-order valence-corrected chi connectivity index (χ1v) is 8.15. The van der Waals surface area contributed by atoms with Crippen LogP contribution in [0, 0.1) is 6.92 Å². The third-order valence-corrected chi connectivity index (χ3v) is 6.03. The molecular weight excluding hydrogens is 431 g/mol. The highest BCUT2D eigenvalue weighted by Crippen LogP contribution is 2.31. The molecule has 2 aromatic rings. The molecule has 0 aliphatic rings. The van der Waals surface area contributed by atoms with Gasteiger partial charge in [-0.3, -0.25) is 9.48 Å². The number of amides is 1. The second-order valence-corrected chi connectivity index (χ2v) is 7.48. The van der Waals surface area contributed by atoms with Crippen molar-refractivity contribution in [2.75, 3.05) is 0 Å². The van der Waals surface area contributed by atoms with Crippen molar-refractivity contribution >= 4 is 66.9 Å². The minimum Gasteiger partial charge on any atom is -0.266 e. The van der Waals surface area contributed by atoms with E-state index in [1.54, 1.807) is 20.2 Å². The number of thiophene rings is 1. The molecule has 0 fully saturated rings. The smallest absolute Gasteiger partial charge is 0.266 e. The lowest BCUT2D eigenvalue weighted by atomic mass is 10.3. The van der Waals surface area contributed by atoms with Gasteiger partial charge in [-0.15, -0.1) is 11.3 Å². The highest BCUT2D eigenvalue weighted by atomic mass is 79.9. The standard InChI is InChI=1S/C11H9Br2ClN4OS/c1-5-8(14)9(18(2)17-5)11(19)16-15-4-6-3-7(12)10(13)20-6/h3-4H,1-2H3,(H,16,19)/b15-4-. The first-order chi connectivity index (χ1) is 9.40. The Bertz CT molecular complexity index is 675. The SMILES string of the molecule is Cc1nn(C)c(C(=O)N/N=C\c2cc(Br)c(Br)s2)c1Cl. The molecule has 0 saturated carbocycles. The largest absolute Gasteiger partial charge is 0.291 e. The number of nitrogens with zero attached hydrogens (tertiary/aromatic N) is 3. The van der Waals surface area contributed by atoms with E-state index in [2.05, 4.69) is 47.5 Å². The lowest BCUT2D eigenvalue weighted by Crippen LogP contribution is -2.21. The minimum atomic E-state index is -0.399. The maximum Gasteiger partial charge on any atom is 0.291 e. The number of hydrogen-bond donors (Lipinski definition) is 1. The van der Waals surface area contributed by atoms with Crippen LogP contribution in [0.25, 0.3) is 0 Å². The highest BCUT2D eigenvalue weighted by Gasteiger charge is 2.18. The summed E-state index contributed by atoms with van der Waals surface area (Å²) >= 11 is 14.3. The Morgan fingerprint density at radius 1 is 1.60 bits per heavy atom. The van der Waals surface area contributed by atoms with Crippen molar-refractivity contribution in [3.05, 3.63) is 35.6 Å². The first-order valence-electron chi connectivity index (χ1n) is 5.37. The Morgan fingerprint density at radius 2 is 2.30 bits per heavy atom. The van der Waals surface area contributed by atoms with E-state index in [9.17, 15) is 4.79 Å². The molecule has 0 atom stereocenters. The Hall–Kier alpha value is -0.700. The fourth-order valence-corrected chi connectivity index (χ4v) is 3.72. The highest BCUT2D eigenvalue weighted by molar-refractivity contribution is 9.13. The predicted octanol–water partition coefficient (Wildman–Crippen LogP) is 3.73. The van der Waals surface area contributed by atoms with Crippen LogP contribution in [0.15, 0.2) is 19.4 Å². The average Bonchev–Trinajstić information content (AvgIpc) is 2.80. The first kappa shape index (κ1) is 15.7. The van der Waals surface area contributed by atoms with E-state index in [0.29, 0.717) is 10.7 Å². The second-order valence-electron chi connectivity index (χ2n) is 3.84. The number of halogens is 3. The van der Waals surface area contributed by atoms with Crippen molar-refractivity contribution < 1.29 is 4.79 Å². The van der Waals surface area contributed by atoms with Gasteiger partial charge in [0, 0.05) is 16.4 Å². The summed E-state index contributed by atoms with van der Waals surface area (Å²) in [6.45, 7) is 1.74. The monoisotopic (exact) mass is 438 g/mol. The number of nitrogens with one attached hydrogen (secondary N) is 1. The molecule has 5 nitrogen and oxygen atoms in total. The van der Waals surface area contributed by atoms with Crippen LogP contribution >= 0.6 is 54.8 Å². The van der Waals surface area contributed by atoms with Crippen molar-refractivity contribution in [2.24, 2.45) is 12.1 Å². The van der Waals surface area contributed by atoms with E-state index in [1.807, 2.05) is 6.07 Å². The molecule has 0 spiro atoms. The van der Waals surface area contributed by atoms with Crippen LogP contribution < -0.4 is 5.43 Å². The van der Waals surface area contributed by atoms with E-state index >= 15 is 0 Å². The van der Waals surface area contributed by atoms with Crippen LogP contribution in [0.4, 0.5) is 0 Å². The van der Waals surface area contributed by atoms with Crippen LogP contribution in [-0.2, 0) is 7.05 Å². The number of carbonyl (C=O) groups excluding carboxylic acids is 1. The van der Waals surface area contributed by atoms with E-state index < -0.39 is 5.91 Å². The molecule has 0 bridgehead atoms. The normalized spacial score (nSPS) is 11.2. The fraction of sp³-hybridized carbons (Fsp3) is 0.182. The lowest BCUT2D eigenvalue weighted by molar-refractivity contribution is 0.0946. The summed E-state index contributed by atoms with van der Waals surface area (Å²) in [5.74, 6) is -0.399. The average molecular weight is 441 g/mol. The number of hydrazone groups is 1. The molecule has 106 valence electrons. The van der Waals surface area contributed by atoms with Gasteiger partial charge in [0.25, 0.3) is 5.91 Å². The van der Waals surface area contributed by atoms with E-state index in [-0.39, 0.29) is 5.69 Å². The molecule has 0 unspecified atom stereocenters. The molecule has 0 saturated heterocycles. The molecule has 2 aromatic heterocycles. The summed E-state index contributed by atoms with van der Waals surface area (Å²) in [6.07, 6.45) is 1.56. The van der Waals surface area contributed by atoms with Gasteiger partial charge < -0.3 is 0 Å². The summed E-state index contributed by atoms with van der Waals surface area (Å²) in [7, 11) is 1.66. The third kappa shape index (κ3) is 3.30. The zero-order valence-corrected chi connectivity index (χ0v) is 15.2. The van der Waals surface area contributed by atoms with Crippen molar-refractivity contribution in [2.45, 2.75) is 6.92 Å². The van der Waals surface area contributed by atoms with Gasteiger partial charge in [-0.05, 0) is 44.8 Å². The molecule has 2 rings (SSSR count). The van der Waals surface area contributed by atoms with E-state index in [0.717, 1.165) is 13.1 Å². The van der Waals surface area contributed by atoms with Gasteiger partial charge in [-0.2, -0.15) is 10.2 Å². The van der Waals surface area contributed by atoms with Gasteiger partial charge >= 0.3 is 0 Å². The van der Waals surface area contributed by atoms with Gasteiger partial charge in [-0.25, -0.2) is 5.43 Å². The van der Waals surface area contributed by atoms with Gasteiger partial charge in [0.2, 0.25) is 0 Å². The van der Waals surface area contributed by atoms with Crippen LogP contribution in [0.5, 0.6) is 0 Å². The molecule has 1 N–H and O–H groups in total. The predicted molar refractivity (Wildman–Crippen MR) is 87.7 cm³/mol. The number of aromatic nitrogens is 2. The quantitative estimate of drug-likeness (QED) is 0.584. The molecule has 0 aromatic carbocycles. The minimum absolute atomic E-state index is 0.287. The maximum atomic E-state index is 12.0. The molecule has 20 heavy (non-hydrogen) atoms. The summed E-state index contributed by atoms with van der Waals surface area (Å²) in [4.78, 5) is 12.9. The third-order valence-electron chi connectivity index (χ3n) is 2.39. The molecule has 1 amide bonds. The molecule has 0 aliphatic heterocycles. The van der Waals surface area contributed by atoms with Gasteiger partial charge in [-0.1, -0.05) is 11.6 Å². The molecule has 0 aliphatic carbocycles. The van der Waals surface area contributed by atoms with E-state index in [4.69, 9.17) is 11.6 Å². The van der Waals surface area contributed by atoms with Crippen molar-refractivity contribution in [3.63, 3.8) is 0 Å².